The van der Waals surface area contributed by atoms with Crippen molar-refractivity contribution in [2.75, 3.05) is 25.6 Å². The number of aromatic nitrogens is 4. The number of rotatable bonds is 9. The van der Waals surface area contributed by atoms with Gasteiger partial charge < -0.3 is 29.9 Å². The lowest BCUT2D eigenvalue weighted by Gasteiger charge is -2.20. The molecule has 4 rings (SSSR count). The Morgan fingerprint density at radius 2 is 2.11 bits per heavy atom. The zero-order valence-electron chi connectivity index (χ0n) is 19.1. The van der Waals surface area contributed by atoms with Crippen LogP contribution >= 0.6 is 7.82 Å². The van der Waals surface area contributed by atoms with Crippen LogP contribution in [0.1, 0.15) is 18.2 Å². The van der Waals surface area contributed by atoms with Crippen molar-refractivity contribution in [3.05, 3.63) is 55.3 Å². The van der Waals surface area contributed by atoms with Crippen molar-refractivity contribution >= 4 is 13.6 Å². The summed E-state index contributed by atoms with van der Waals surface area (Å²) in [7, 11) is -4.67. The standard InChI is InChI=1S/C19H26N5O11P/c1-10-5-24(19(28)22-17(10)26)15-4-12(13(7-25)34-15)35-36(29,30)32-9-16-31-8-11(33-16)6-23-3-2-14(20)21-18(23)27/h2-3,5,11-13,15-16,25H,4,6-9H2,1H3,(H,29,30)(H2,20,21,27)(H,22,26,28)/t11-,12+,13+,15+,16+/m0/s1. The van der Waals surface area contributed by atoms with Crippen LogP contribution in [0.15, 0.2) is 32.8 Å². The van der Waals surface area contributed by atoms with E-state index < -0.39 is 68.8 Å². The molecule has 2 aliphatic rings. The Kier molecular flexibility index (Phi) is 7.87. The highest BCUT2D eigenvalue weighted by Crippen LogP contribution is 2.48. The summed E-state index contributed by atoms with van der Waals surface area (Å²) in [4.78, 5) is 51.5. The highest BCUT2D eigenvalue weighted by Gasteiger charge is 2.42. The molecule has 5 N–H and O–H groups in total. The first-order chi connectivity index (χ1) is 17.0. The molecule has 36 heavy (non-hydrogen) atoms. The van der Waals surface area contributed by atoms with Crippen LogP contribution < -0.4 is 22.7 Å². The number of anilines is 1. The van der Waals surface area contributed by atoms with Crippen LogP contribution in [0.25, 0.3) is 0 Å². The number of phosphoric acid groups is 1. The van der Waals surface area contributed by atoms with Crippen molar-refractivity contribution in [3.63, 3.8) is 0 Å². The minimum Gasteiger partial charge on any atom is -0.394 e. The highest BCUT2D eigenvalue weighted by atomic mass is 31.2. The van der Waals surface area contributed by atoms with Crippen LogP contribution in [-0.4, -0.2) is 73.5 Å². The maximum Gasteiger partial charge on any atom is 0.472 e. The van der Waals surface area contributed by atoms with Gasteiger partial charge in [-0.2, -0.15) is 4.98 Å². The molecule has 2 aliphatic heterocycles. The molecule has 0 saturated carbocycles. The summed E-state index contributed by atoms with van der Waals surface area (Å²) in [6.07, 6.45) is -1.95. The van der Waals surface area contributed by atoms with Gasteiger partial charge in [-0.1, -0.05) is 0 Å². The number of aliphatic hydroxyl groups is 1. The van der Waals surface area contributed by atoms with Crippen LogP contribution in [-0.2, 0) is 34.4 Å². The quantitative estimate of drug-likeness (QED) is 0.263. The Morgan fingerprint density at radius 3 is 2.83 bits per heavy atom. The molecule has 6 atom stereocenters. The van der Waals surface area contributed by atoms with E-state index in [9.17, 15) is 28.9 Å². The average molecular weight is 531 g/mol. The van der Waals surface area contributed by atoms with Crippen LogP contribution in [0, 0.1) is 6.92 Å². The number of nitrogen functional groups attached to an aromatic ring is 1. The SMILES string of the molecule is Cc1cn([C@H]2C[C@@H](OP(=O)(O)OC[C@@H]3OC[C@H](Cn4ccc(N)nc4=O)O3)[C@@H](CO)O2)c(=O)[nH]c1=O. The Bertz CT molecular complexity index is 1310. The van der Waals surface area contributed by atoms with Crippen LogP contribution in [0.5, 0.6) is 0 Å². The van der Waals surface area contributed by atoms with E-state index in [0.29, 0.717) is 0 Å². The molecule has 1 unspecified atom stereocenters. The van der Waals surface area contributed by atoms with E-state index in [0.717, 1.165) is 4.57 Å². The van der Waals surface area contributed by atoms with Crippen molar-refractivity contribution in [1.29, 1.82) is 0 Å². The lowest BCUT2D eigenvalue weighted by atomic mass is 10.2. The number of H-pyrrole nitrogens is 1. The topological polar surface area (TPSA) is 219 Å². The summed E-state index contributed by atoms with van der Waals surface area (Å²) >= 11 is 0. The van der Waals surface area contributed by atoms with E-state index in [2.05, 4.69) is 9.97 Å². The second-order valence-electron chi connectivity index (χ2n) is 8.24. The molecule has 0 aliphatic carbocycles. The third-order valence-corrected chi connectivity index (χ3v) is 6.58. The third kappa shape index (κ3) is 6.16. The molecule has 2 fully saturated rings. The first-order valence-electron chi connectivity index (χ1n) is 10.9. The molecule has 2 aromatic heterocycles. The van der Waals surface area contributed by atoms with Crippen LogP contribution in [0.4, 0.5) is 5.82 Å². The van der Waals surface area contributed by atoms with Crippen molar-refractivity contribution in [2.24, 2.45) is 0 Å². The third-order valence-electron chi connectivity index (χ3n) is 5.57. The van der Waals surface area contributed by atoms with Crippen molar-refractivity contribution < 1.29 is 37.8 Å². The second-order valence-corrected chi connectivity index (χ2v) is 9.65. The van der Waals surface area contributed by atoms with Gasteiger partial charge in [0.25, 0.3) is 5.56 Å². The Labute approximate surface area is 202 Å². The minimum atomic E-state index is -4.67. The van der Waals surface area contributed by atoms with Gasteiger partial charge in [0.1, 0.15) is 37.0 Å². The molecule has 0 bridgehead atoms. The normalized spacial score (nSPS) is 27.8. The van der Waals surface area contributed by atoms with E-state index in [1.165, 1.54) is 30.0 Å². The number of aliphatic hydroxyl groups excluding tert-OH is 1. The maximum atomic E-state index is 12.5. The number of phosphoric ester groups is 1. The number of nitrogens with zero attached hydrogens (tertiary/aromatic N) is 3. The molecule has 2 aromatic rings. The fourth-order valence-electron chi connectivity index (χ4n) is 3.79. The number of aryl methyl sites for hydroxylation is 1. The van der Waals surface area contributed by atoms with Gasteiger partial charge in [-0.25, -0.2) is 14.2 Å². The molecular formula is C19H26N5O11P. The molecule has 17 heteroatoms. The van der Waals surface area contributed by atoms with Gasteiger partial charge in [0.2, 0.25) is 0 Å². The summed E-state index contributed by atoms with van der Waals surface area (Å²) in [5.41, 5.74) is 3.87. The maximum absolute atomic E-state index is 12.5. The number of hydrogen-bond acceptors (Lipinski definition) is 12. The highest BCUT2D eigenvalue weighted by molar-refractivity contribution is 7.47. The first kappa shape index (κ1) is 26.4. The minimum absolute atomic E-state index is 0.0760. The van der Waals surface area contributed by atoms with Gasteiger partial charge in [-0.05, 0) is 13.0 Å². The first-order valence-corrected chi connectivity index (χ1v) is 12.4. The smallest absolute Gasteiger partial charge is 0.394 e. The van der Waals surface area contributed by atoms with E-state index in [-0.39, 0.29) is 31.0 Å². The predicted molar refractivity (Wildman–Crippen MR) is 120 cm³/mol. The lowest BCUT2D eigenvalue weighted by Crippen LogP contribution is -2.33. The predicted octanol–water partition coefficient (Wildman–Crippen LogP) is -1.79. The summed E-state index contributed by atoms with van der Waals surface area (Å²) in [5, 5.41) is 9.62. The van der Waals surface area contributed by atoms with Crippen LogP contribution in [0.2, 0.25) is 0 Å². The second kappa shape index (κ2) is 10.7. The Hall–Kier alpha value is -2.69. The van der Waals surface area contributed by atoms with Gasteiger partial charge in [0, 0.05) is 24.4 Å². The Morgan fingerprint density at radius 1 is 1.33 bits per heavy atom. The summed E-state index contributed by atoms with van der Waals surface area (Å²) < 4.78 is 41.7. The van der Waals surface area contributed by atoms with Gasteiger partial charge in [0.05, 0.1) is 19.8 Å². The van der Waals surface area contributed by atoms with Crippen molar-refractivity contribution in [1.82, 2.24) is 19.1 Å². The van der Waals surface area contributed by atoms with E-state index >= 15 is 0 Å². The molecule has 198 valence electrons. The molecule has 2 saturated heterocycles. The van der Waals surface area contributed by atoms with E-state index in [1.54, 1.807) is 0 Å². The average Bonchev–Trinajstić information content (AvgIpc) is 3.43. The number of nitrogens with two attached hydrogens (primary N) is 1. The van der Waals surface area contributed by atoms with Crippen molar-refractivity contribution in [3.8, 4) is 0 Å². The fourth-order valence-corrected chi connectivity index (χ4v) is 4.73. The van der Waals surface area contributed by atoms with Gasteiger partial charge >= 0.3 is 19.2 Å². The number of ether oxygens (including phenoxy) is 3. The largest absolute Gasteiger partial charge is 0.472 e. The molecular weight excluding hydrogens is 505 g/mol. The lowest BCUT2D eigenvalue weighted by molar-refractivity contribution is -0.0917. The fraction of sp³-hybridized carbons (Fsp3) is 0.579. The molecule has 16 nitrogen and oxygen atoms in total. The Balaban J connectivity index is 1.31. The summed E-state index contributed by atoms with van der Waals surface area (Å²) in [6.45, 7) is 0.699. The molecule has 0 amide bonds. The number of hydrogen-bond donors (Lipinski definition) is 4. The number of nitrogens with one attached hydrogen (secondary N) is 1. The molecule has 4 heterocycles. The zero-order chi connectivity index (χ0) is 26.0. The van der Waals surface area contributed by atoms with E-state index in [1.807, 2.05) is 0 Å². The van der Waals surface area contributed by atoms with Gasteiger partial charge in [-0.15, -0.1) is 0 Å². The molecule has 0 aromatic carbocycles. The summed E-state index contributed by atoms with van der Waals surface area (Å²) in [5.74, 6) is 0.0908. The van der Waals surface area contributed by atoms with Gasteiger partial charge in [0.15, 0.2) is 6.29 Å². The zero-order valence-corrected chi connectivity index (χ0v) is 20.0. The van der Waals surface area contributed by atoms with Crippen molar-refractivity contribution in [2.45, 2.75) is 50.7 Å². The monoisotopic (exact) mass is 531 g/mol. The van der Waals surface area contributed by atoms with Gasteiger partial charge in [-0.3, -0.25) is 28.0 Å². The molecule has 0 radical (unpaired) electrons. The molecule has 0 spiro atoms. The van der Waals surface area contributed by atoms with Crippen LogP contribution in [0.3, 0.4) is 0 Å². The van der Waals surface area contributed by atoms with E-state index in [4.69, 9.17) is 29.0 Å². The summed E-state index contributed by atoms with van der Waals surface area (Å²) in [6, 6.07) is 1.46. The number of aromatic amines is 1.